The molecule has 0 aromatic carbocycles. The molecule has 3 rings (SSSR count). The van der Waals surface area contributed by atoms with Crippen molar-refractivity contribution in [1.82, 2.24) is 10.2 Å². The first kappa shape index (κ1) is 17.7. The second kappa shape index (κ2) is 8.82. The third kappa shape index (κ3) is 5.17. The van der Waals surface area contributed by atoms with Crippen LogP contribution in [0.5, 0.6) is 0 Å². The summed E-state index contributed by atoms with van der Waals surface area (Å²) in [6, 6.07) is 1.37. The maximum absolute atomic E-state index is 10.2. The van der Waals surface area contributed by atoms with Crippen LogP contribution in [0, 0.1) is 11.8 Å². The van der Waals surface area contributed by atoms with E-state index in [2.05, 4.69) is 10.2 Å². The van der Waals surface area contributed by atoms with Crippen LogP contribution in [-0.4, -0.2) is 47.8 Å². The summed E-state index contributed by atoms with van der Waals surface area (Å²) in [7, 11) is 0. The van der Waals surface area contributed by atoms with Crippen LogP contribution in [0.15, 0.2) is 0 Å². The number of hydrogen-bond acceptors (Lipinski definition) is 3. The molecule has 1 heterocycles. The van der Waals surface area contributed by atoms with Gasteiger partial charge in [0.05, 0.1) is 6.10 Å². The summed E-state index contributed by atoms with van der Waals surface area (Å²) in [6.45, 7) is 5.52. The predicted octanol–water partition coefficient (Wildman–Crippen LogP) is 3.56. The Labute approximate surface area is 143 Å². The highest BCUT2D eigenvalue weighted by atomic mass is 16.3. The zero-order valence-electron chi connectivity index (χ0n) is 15.2. The summed E-state index contributed by atoms with van der Waals surface area (Å²) in [6.07, 6.45) is 15.1. The van der Waals surface area contributed by atoms with Crippen LogP contribution in [0.25, 0.3) is 0 Å². The highest BCUT2D eigenvalue weighted by Gasteiger charge is 2.33. The van der Waals surface area contributed by atoms with Crippen LogP contribution < -0.4 is 5.32 Å². The van der Waals surface area contributed by atoms with E-state index in [9.17, 15) is 5.11 Å². The van der Waals surface area contributed by atoms with Crippen LogP contribution in [0.4, 0.5) is 0 Å². The van der Waals surface area contributed by atoms with Gasteiger partial charge < -0.3 is 10.4 Å². The summed E-state index contributed by atoms with van der Waals surface area (Å²) in [4.78, 5) is 2.72. The smallest absolute Gasteiger partial charge is 0.0553 e. The molecule has 1 saturated heterocycles. The zero-order chi connectivity index (χ0) is 16.1. The second-order valence-electron chi connectivity index (χ2n) is 8.59. The van der Waals surface area contributed by atoms with Crippen LogP contribution in [-0.2, 0) is 0 Å². The third-order valence-electron chi connectivity index (χ3n) is 6.70. The van der Waals surface area contributed by atoms with Crippen LogP contribution >= 0.6 is 0 Å². The molecule has 0 aromatic rings. The number of likely N-dealkylation sites (tertiary alicyclic amines) is 1. The molecule has 3 aliphatic rings. The fraction of sp³-hybridized carbons (Fsp3) is 1.00. The molecule has 134 valence electrons. The van der Waals surface area contributed by atoms with E-state index in [1.807, 2.05) is 6.92 Å². The van der Waals surface area contributed by atoms with Gasteiger partial charge in [-0.3, -0.25) is 4.90 Å². The van der Waals surface area contributed by atoms with Crippen molar-refractivity contribution in [3.8, 4) is 0 Å². The predicted molar refractivity (Wildman–Crippen MR) is 96.6 cm³/mol. The molecule has 2 saturated carbocycles. The van der Waals surface area contributed by atoms with E-state index in [4.69, 9.17) is 0 Å². The summed E-state index contributed by atoms with van der Waals surface area (Å²) >= 11 is 0. The number of piperidine rings is 1. The van der Waals surface area contributed by atoms with E-state index in [0.29, 0.717) is 12.0 Å². The van der Waals surface area contributed by atoms with Crippen molar-refractivity contribution in [3.63, 3.8) is 0 Å². The minimum Gasteiger partial charge on any atom is -0.393 e. The van der Waals surface area contributed by atoms with Crippen molar-refractivity contribution in [2.24, 2.45) is 11.8 Å². The summed E-state index contributed by atoms with van der Waals surface area (Å²) in [5, 5.41) is 14.1. The van der Waals surface area contributed by atoms with Gasteiger partial charge in [0.1, 0.15) is 0 Å². The third-order valence-corrected chi connectivity index (χ3v) is 6.70. The largest absolute Gasteiger partial charge is 0.393 e. The van der Waals surface area contributed by atoms with Crippen LogP contribution in [0.1, 0.15) is 77.6 Å². The normalized spacial score (nSPS) is 33.7. The monoisotopic (exact) mass is 322 g/mol. The molecule has 2 aliphatic carbocycles. The highest BCUT2D eigenvalue weighted by molar-refractivity contribution is 4.90. The number of hydrogen-bond donors (Lipinski definition) is 2. The van der Waals surface area contributed by atoms with Crippen LogP contribution in [0.2, 0.25) is 0 Å². The van der Waals surface area contributed by atoms with Gasteiger partial charge in [-0.2, -0.15) is 0 Å². The van der Waals surface area contributed by atoms with Crippen molar-refractivity contribution < 1.29 is 5.11 Å². The molecule has 0 aromatic heterocycles. The van der Waals surface area contributed by atoms with Crippen LogP contribution in [0.3, 0.4) is 0 Å². The van der Waals surface area contributed by atoms with Crippen molar-refractivity contribution in [3.05, 3.63) is 0 Å². The SMILES string of the molecule is CC(O)C1CC(NCC2CCCCC2)CN(C2CCCCC2)C1. The number of rotatable bonds is 5. The fourth-order valence-electron chi connectivity index (χ4n) is 5.14. The van der Waals surface area contributed by atoms with Gasteiger partial charge in [0.15, 0.2) is 0 Å². The lowest BCUT2D eigenvalue weighted by molar-refractivity contribution is 0.0199. The highest BCUT2D eigenvalue weighted by Crippen LogP contribution is 2.29. The van der Waals surface area contributed by atoms with Gasteiger partial charge in [-0.1, -0.05) is 38.5 Å². The van der Waals surface area contributed by atoms with E-state index in [-0.39, 0.29) is 6.10 Å². The molecule has 0 radical (unpaired) electrons. The molecule has 3 nitrogen and oxygen atoms in total. The minimum absolute atomic E-state index is 0.166. The molecule has 0 amide bonds. The Morgan fingerprint density at radius 3 is 2.26 bits per heavy atom. The molecule has 1 aliphatic heterocycles. The fourth-order valence-corrected chi connectivity index (χ4v) is 5.14. The average Bonchev–Trinajstić information content (AvgIpc) is 2.61. The molecule has 2 N–H and O–H groups in total. The topological polar surface area (TPSA) is 35.5 Å². The van der Waals surface area contributed by atoms with Gasteiger partial charge in [0, 0.05) is 25.2 Å². The Kier molecular flexibility index (Phi) is 6.79. The van der Waals surface area contributed by atoms with Gasteiger partial charge in [-0.15, -0.1) is 0 Å². The Hall–Kier alpha value is -0.120. The Morgan fingerprint density at radius 2 is 1.61 bits per heavy atom. The molecule has 3 fully saturated rings. The summed E-state index contributed by atoms with van der Waals surface area (Å²) in [5.74, 6) is 1.35. The molecular weight excluding hydrogens is 284 g/mol. The molecule has 3 atom stereocenters. The maximum Gasteiger partial charge on any atom is 0.0553 e. The van der Waals surface area contributed by atoms with Gasteiger partial charge in [0.2, 0.25) is 0 Å². The molecular formula is C20H38N2O. The summed E-state index contributed by atoms with van der Waals surface area (Å²) in [5.41, 5.74) is 0. The van der Waals surface area contributed by atoms with Gasteiger partial charge in [-0.05, 0) is 57.4 Å². The standard InChI is InChI=1S/C20H38N2O/c1-16(23)18-12-19(21-13-17-8-4-2-5-9-17)15-22(14-18)20-10-6-3-7-11-20/h16-21,23H,2-15H2,1H3. The average molecular weight is 323 g/mol. The number of aliphatic hydroxyl groups is 1. The van der Waals surface area contributed by atoms with Crippen molar-refractivity contribution in [2.45, 2.75) is 95.7 Å². The van der Waals surface area contributed by atoms with Gasteiger partial charge in [0.25, 0.3) is 0 Å². The zero-order valence-corrected chi connectivity index (χ0v) is 15.2. The molecule has 3 heteroatoms. The van der Waals surface area contributed by atoms with Crippen molar-refractivity contribution in [1.29, 1.82) is 0 Å². The maximum atomic E-state index is 10.2. The minimum atomic E-state index is -0.166. The van der Waals surface area contributed by atoms with E-state index in [0.717, 1.165) is 24.9 Å². The number of aliphatic hydroxyl groups excluding tert-OH is 1. The van der Waals surface area contributed by atoms with Crippen molar-refractivity contribution in [2.75, 3.05) is 19.6 Å². The lowest BCUT2D eigenvalue weighted by atomic mass is 9.85. The molecule has 23 heavy (non-hydrogen) atoms. The summed E-state index contributed by atoms with van der Waals surface area (Å²) < 4.78 is 0. The quantitative estimate of drug-likeness (QED) is 0.812. The first-order valence-corrected chi connectivity index (χ1v) is 10.4. The van der Waals surface area contributed by atoms with E-state index >= 15 is 0 Å². The molecule has 0 spiro atoms. The number of nitrogens with zero attached hydrogens (tertiary/aromatic N) is 1. The second-order valence-corrected chi connectivity index (χ2v) is 8.59. The Balaban J connectivity index is 1.52. The van der Waals surface area contributed by atoms with Crippen molar-refractivity contribution >= 4 is 0 Å². The first-order valence-electron chi connectivity index (χ1n) is 10.4. The van der Waals surface area contributed by atoms with Gasteiger partial charge >= 0.3 is 0 Å². The first-order chi connectivity index (χ1) is 11.2. The molecule has 0 bridgehead atoms. The van der Waals surface area contributed by atoms with E-state index in [1.165, 1.54) is 77.3 Å². The lowest BCUT2D eigenvalue weighted by Crippen LogP contribution is -2.55. The van der Waals surface area contributed by atoms with Gasteiger partial charge in [-0.25, -0.2) is 0 Å². The lowest BCUT2D eigenvalue weighted by Gasteiger charge is -2.44. The Bertz CT molecular complexity index is 335. The van der Waals surface area contributed by atoms with E-state index < -0.39 is 0 Å². The number of nitrogens with one attached hydrogen (secondary N) is 1. The Morgan fingerprint density at radius 1 is 0.957 bits per heavy atom. The molecule has 3 unspecified atom stereocenters. The van der Waals surface area contributed by atoms with E-state index in [1.54, 1.807) is 0 Å².